The van der Waals surface area contributed by atoms with Crippen molar-refractivity contribution in [1.82, 2.24) is 24.7 Å². The highest BCUT2D eigenvalue weighted by molar-refractivity contribution is 5.84. The molecule has 3 aromatic heterocycles. The number of carbonyl (C=O) groups is 1. The summed E-state index contributed by atoms with van der Waals surface area (Å²) in [5.41, 5.74) is 2.69. The van der Waals surface area contributed by atoms with E-state index in [2.05, 4.69) is 20.8 Å². The molecule has 45 heavy (non-hydrogen) atoms. The van der Waals surface area contributed by atoms with Gasteiger partial charge in [-0.15, -0.1) is 0 Å². The maximum Gasteiger partial charge on any atom is 0.293 e. The Morgan fingerprint density at radius 2 is 2.00 bits per heavy atom. The fraction of sp³-hybridized carbons (Fsp3) is 0.531. The number of carbonyl (C=O) groups excluding carboxylic acids is 1. The Morgan fingerprint density at radius 1 is 1.18 bits per heavy atom. The number of aromatic nitrogens is 5. The maximum atomic E-state index is 11.5. The van der Waals surface area contributed by atoms with E-state index in [1.165, 1.54) is 32.1 Å². The third-order valence-corrected chi connectivity index (χ3v) is 8.79. The molecular formula is C32H41N7O6. The number of imidazole rings is 1. The van der Waals surface area contributed by atoms with Crippen molar-refractivity contribution in [2.45, 2.75) is 88.9 Å². The number of aryl methyl sites for hydroxylation is 1. The minimum Gasteiger partial charge on any atom is -0.457 e. The zero-order chi connectivity index (χ0) is 31.2. The Balaban J connectivity index is 1.32. The van der Waals surface area contributed by atoms with E-state index in [1.54, 1.807) is 17.0 Å². The second-order valence-corrected chi connectivity index (χ2v) is 11.9. The molecule has 4 aromatic rings. The minimum absolute atomic E-state index is 0.133. The van der Waals surface area contributed by atoms with E-state index in [-0.39, 0.29) is 12.6 Å². The molecule has 4 N–H and O–H groups in total. The van der Waals surface area contributed by atoms with Gasteiger partial charge in [0.05, 0.1) is 24.7 Å². The third-order valence-electron chi connectivity index (χ3n) is 8.79. The predicted molar refractivity (Wildman–Crippen MR) is 165 cm³/mol. The quantitative estimate of drug-likeness (QED) is 0.150. The molecule has 2 fully saturated rings. The molecular weight excluding hydrogens is 578 g/mol. The van der Waals surface area contributed by atoms with Crippen molar-refractivity contribution in [3.63, 3.8) is 0 Å². The van der Waals surface area contributed by atoms with Crippen LogP contribution in [-0.4, -0.2) is 72.8 Å². The van der Waals surface area contributed by atoms with Gasteiger partial charge in [0, 0.05) is 12.6 Å². The summed E-state index contributed by atoms with van der Waals surface area (Å²) in [6.07, 6.45) is 5.92. The van der Waals surface area contributed by atoms with Crippen molar-refractivity contribution >= 4 is 29.4 Å². The lowest BCUT2D eigenvalue weighted by molar-refractivity contribution is -0.142. The molecule has 0 radical (unpaired) electrons. The Bertz CT molecular complexity index is 1540. The van der Waals surface area contributed by atoms with Crippen LogP contribution in [0.5, 0.6) is 0 Å². The average Bonchev–Trinajstić information content (AvgIpc) is 3.80. The van der Waals surface area contributed by atoms with Crippen LogP contribution in [0, 0.1) is 5.92 Å². The monoisotopic (exact) mass is 619 g/mol. The van der Waals surface area contributed by atoms with E-state index < -0.39 is 24.5 Å². The molecule has 1 aliphatic carbocycles. The van der Waals surface area contributed by atoms with Gasteiger partial charge >= 0.3 is 0 Å². The highest BCUT2D eigenvalue weighted by Gasteiger charge is 2.49. The molecule has 6 rings (SSSR count). The van der Waals surface area contributed by atoms with E-state index >= 15 is 0 Å². The van der Waals surface area contributed by atoms with Crippen molar-refractivity contribution in [3.8, 4) is 0 Å². The molecule has 1 aliphatic heterocycles. The first-order chi connectivity index (χ1) is 22.1. The summed E-state index contributed by atoms with van der Waals surface area (Å²) in [6, 6.07) is 11.3. The van der Waals surface area contributed by atoms with Crippen molar-refractivity contribution in [1.29, 1.82) is 0 Å². The van der Waals surface area contributed by atoms with E-state index in [0.29, 0.717) is 59.6 Å². The lowest BCUT2D eigenvalue weighted by Gasteiger charge is -2.22. The summed E-state index contributed by atoms with van der Waals surface area (Å²) >= 11 is 0. The van der Waals surface area contributed by atoms with Crippen LogP contribution >= 0.6 is 0 Å². The fourth-order valence-electron chi connectivity index (χ4n) is 6.35. The molecule has 0 spiro atoms. The van der Waals surface area contributed by atoms with E-state index in [4.69, 9.17) is 24.0 Å². The molecule has 0 amide bonds. The molecule has 1 saturated carbocycles. The number of rotatable bonds is 14. The number of benzene rings is 1. The van der Waals surface area contributed by atoms with Gasteiger partial charge in [0.1, 0.15) is 6.10 Å². The molecule has 13 nitrogen and oxygen atoms in total. The van der Waals surface area contributed by atoms with Crippen LogP contribution in [0.25, 0.3) is 11.2 Å². The number of hydrogen-bond acceptors (Lipinski definition) is 12. The highest BCUT2D eigenvalue weighted by atomic mass is 16.6. The zero-order valence-corrected chi connectivity index (χ0v) is 25.4. The number of nitrogens with zero attached hydrogens (tertiary/aromatic N) is 5. The Kier molecular flexibility index (Phi) is 9.87. The summed E-state index contributed by atoms with van der Waals surface area (Å²) in [5, 5.41) is 32.2. The van der Waals surface area contributed by atoms with E-state index in [1.807, 2.05) is 37.3 Å². The van der Waals surface area contributed by atoms with Gasteiger partial charge in [-0.3, -0.25) is 9.36 Å². The van der Waals surface area contributed by atoms with Crippen LogP contribution in [0.4, 0.5) is 11.8 Å². The number of fused-ring (bicyclic) bond motifs is 1. The summed E-state index contributed by atoms with van der Waals surface area (Å²) in [6.45, 7) is 2.82. The number of aliphatic hydroxyl groups excluding tert-OH is 2. The van der Waals surface area contributed by atoms with Gasteiger partial charge < -0.3 is 34.8 Å². The first-order valence-electron chi connectivity index (χ1n) is 15.9. The topological polar surface area (TPSA) is 170 Å². The molecule has 0 bridgehead atoms. The lowest BCUT2D eigenvalue weighted by Crippen LogP contribution is -2.32. The van der Waals surface area contributed by atoms with Gasteiger partial charge in [0.2, 0.25) is 5.95 Å². The smallest absolute Gasteiger partial charge is 0.293 e. The van der Waals surface area contributed by atoms with Gasteiger partial charge in [-0.25, -0.2) is 4.98 Å². The Morgan fingerprint density at radius 3 is 2.73 bits per heavy atom. The normalized spacial score (nSPS) is 22.8. The highest BCUT2D eigenvalue weighted by Crippen LogP contribution is 2.42. The molecule has 1 saturated heterocycles. The van der Waals surface area contributed by atoms with Crippen LogP contribution in [0.2, 0.25) is 0 Å². The average molecular weight is 620 g/mol. The largest absolute Gasteiger partial charge is 0.457 e. The summed E-state index contributed by atoms with van der Waals surface area (Å²) in [5.74, 6) is 1.85. The second-order valence-electron chi connectivity index (χ2n) is 11.9. The first kappa shape index (κ1) is 30.9. The second kappa shape index (κ2) is 14.4. The number of aliphatic hydroxyl groups is 2. The molecule has 13 heteroatoms. The van der Waals surface area contributed by atoms with Gasteiger partial charge in [-0.2, -0.15) is 9.97 Å². The molecule has 5 atom stereocenters. The fourth-order valence-corrected chi connectivity index (χ4v) is 6.35. The molecule has 1 aromatic carbocycles. The summed E-state index contributed by atoms with van der Waals surface area (Å²) < 4.78 is 18.7. The third kappa shape index (κ3) is 6.95. The SMILES string of the molecule is CCc1cc([C@H]2O[C@@H](n3cnc4c(NCCC5CCCCC5)nc(N[C@H](CO)Cc5ccccc5)nc43)[C@H](OC=O)[C@@H]2O)on1. The maximum absolute atomic E-state index is 11.5. The van der Waals surface area contributed by atoms with Gasteiger partial charge in [-0.05, 0) is 30.7 Å². The van der Waals surface area contributed by atoms with Crippen molar-refractivity contribution in [2.75, 3.05) is 23.8 Å². The minimum atomic E-state index is -1.23. The Labute approximate surface area is 261 Å². The molecule has 0 unspecified atom stereocenters. The summed E-state index contributed by atoms with van der Waals surface area (Å²) in [7, 11) is 0. The summed E-state index contributed by atoms with van der Waals surface area (Å²) in [4.78, 5) is 25.7. The van der Waals surface area contributed by atoms with Crippen molar-refractivity contribution in [3.05, 3.63) is 59.7 Å². The van der Waals surface area contributed by atoms with Crippen LogP contribution < -0.4 is 10.6 Å². The van der Waals surface area contributed by atoms with Crippen molar-refractivity contribution < 1.29 is 29.0 Å². The van der Waals surface area contributed by atoms with E-state index in [0.717, 1.165) is 18.5 Å². The number of ether oxygens (including phenoxy) is 2. The van der Waals surface area contributed by atoms with Gasteiger partial charge in [0.25, 0.3) is 6.47 Å². The van der Waals surface area contributed by atoms with Crippen LogP contribution in [0.3, 0.4) is 0 Å². The molecule has 4 heterocycles. The van der Waals surface area contributed by atoms with Crippen LogP contribution in [0.15, 0.2) is 47.2 Å². The van der Waals surface area contributed by atoms with Gasteiger partial charge in [0.15, 0.2) is 41.2 Å². The molecule has 2 aliphatic rings. The predicted octanol–water partition coefficient (Wildman–Crippen LogP) is 3.95. The van der Waals surface area contributed by atoms with Crippen LogP contribution in [-0.2, 0) is 27.1 Å². The lowest BCUT2D eigenvalue weighted by atomic mass is 9.87. The number of nitrogens with one attached hydrogen (secondary N) is 2. The first-order valence-corrected chi connectivity index (χ1v) is 15.9. The van der Waals surface area contributed by atoms with Gasteiger partial charge in [-0.1, -0.05) is 74.5 Å². The Hall–Kier alpha value is -4.07. The standard InChI is InChI=1S/C32H41N7O6/c1-2-22-16-24(45-38-22)27-26(42)28(43-19-41)31(44-27)39-18-34-25-29(33-14-13-20-9-5-3-6-10-20)36-32(37-30(25)39)35-23(17-40)15-21-11-7-4-8-12-21/h4,7-8,11-12,16,18-20,23,26-28,31,40,42H,2-3,5-6,9-10,13-15,17H2,1H3,(H2,33,35,36,37)/t23-,26+,27+,28+,31+/m0/s1. The van der Waals surface area contributed by atoms with E-state index in [9.17, 15) is 15.0 Å². The van der Waals surface area contributed by atoms with Crippen LogP contribution in [0.1, 0.15) is 74.8 Å². The number of hydrogen-bond donors (Lipinski definition) is 4. The number of anilines is 2. The van der Waals surface area contributed by atoms with Crippen molar-refractivity contribution in [2.24, 2.45) is 5.92 Å². The molecule has 240 valence electrons. The zero-order valence-electron chi connectivity index (χ0n) is 25.4.